The van der Waals surface area contributed by atoms with E-state index in [1.807, 2.05) is 13.8 Å². The fourth-order valence-electron chi connectivity index (χ4n) is 3.25. The molecular formula is C21H24ClN3O4. The van der Waals surface area contributed by atoms with E-state index in [0.29, 0.717) is 22.3 Å². The Morgan fingerprint density at radius 2 is 1.93 bits per heavy atom. The molecule has 0 aliphatic heterocycles. The van der Waals surface area contributed by atoms with E-state index in [1.54, 1.807) is 30.3 Å². The van der Waals surface area contributed by atoms with Crippen molar-refractivity contribution in [2.75, 3.05) is 25.5 Å². The zero-order valence-corrected chi connectivity index (χ0v) is 17.5. The SMILES string of the molecule is Cc1cc(C(=O)OCC(=O)N(C)CC(=O)Nc2ccccc2Cl)c(C)n1C1CC1. The van der Waals surface area contributed by atoms with Crippen LogP contribution in [0.25, 0.3) is 0 Å². The number of ether oxygens (including phenoxy) is 1. The fourth-order valence-corrected chi connectivity index (χ4v) is 3.43. The van der Waals surface area contributed by atoms with E-state index < -0.39 is 24.4 Å². The van der Waals surface area contributed by atoms with Crippen LogP contribution in [0.5, 0.6) is 0 Å². The molecule has 3 rings (SSSR count). The number of likely N-dealkylation sites (N-methyl/N-ethyl adjacent to an activating group) is 1. The monoisotopic (exact) mass is 417 g/mol. The highest BCUT2D eigenvalue weighted by Crippen LogP contribution is 2.38. The van der Waals surface area contributed by atoms with Crippen LogP contribution in [0.1, 0.15) is 40.6 Å². The highest BCUT2D eigenvalue weighted by molar-refractivity contribution is 6.33. The van der Waals surface area contributed by atoms with Gasteiger partial charge in [0.1, 0.15) is 0 Å². The lowest BCUT2D eigenvalue weighted by Crippen LogP contribution is -2.37. The number of aryl methyl sites for hydroxylation is 1. The molecule has 0 unspecified atom stereocenters. The summed E-state index contributed by atoms with van der Waals surface area (Å²) >= 11 is 6.00. The molecule has 1 heterocycles. The third kappa shape index (κ3) is 4.98. The molecule has 1 aromatic heterocycles. The number of halogens is 1. The van der Waals surface area contributed by atoms with E-state index in [2.05, 4.69) is 9.88 Å². The first-order valence-corrected chi connectivity index (χ1v) is 9.79. The van der Waals surface area contributed by atoms with Crippen molar-refractivity contribution >= 4 is 35.1 Å². The highest BCUT2D eigenvalue weighted by Gasteiger charge is 2.29. The molecule has 0 atom stereocenters. The van der Waals surface area contributed by atoms with Crippen LogP contribution in [0.3, 0.4) is 0 Å². The summed E-state index contributed by atoms with van der Waals surface area (Å²) in [5.41, 5.74) is 2.81. The molecule has 29 heavy (non-hydrogen) atoms. The van der Waals surface area contributed by atoms with E-state index in [0.717, 1.165) is 24.2 Å². The molecule has 1 aromatic carbocycles. The van der Waals surface area contributed by atoms with Crippen molar-refractivity contribution in [2.24, 2.45) is 0 Å². The first-order chi connectivity index (χ1) is 13.8. The number of para-hydroxylation sites is 1. The number of rotatable bonds is 7. The number of benzene rings is 1. The number of hydrogen-bond donors (Lipinski definition) is 1. The minimum atomic E-state index is -0.535. The van der Waals surface area contributed by atoms with E-state index in [-0.39, 0.29) is 6.54 Å². The largest absolute Gasteiger partial charge is 0.452 e. The maximum atomic E-state index is 12.4. The van der Waals surface area contributed by atoms with E-state index in [9.17, 15) is 14.4 Å². The molecule has 0 saturated heterocycles. The number of esters is 1. The summed E-state index contributed by atoms with van der Waals surface area (Å²) in [5, 5.41) is 3.05. The number of nitrogens with one attached hydrogen (secondary N) is 1. The molecule has 8 heteroatoms. The normalized spacial score (nSPS) is 13.1. The Hall–Kier alpha value is -2.80. The second-order valence-electron chi connectivity index (χ2n) is 7.24. The fraction of sp³-hybridized carbons (Fsp3) is 0.381. The standard InChI is InChI=1S/C21H24ClN3O4/c1-13-10-16(14(2)25(13)15-8-9-15)21(28)29-12-20(27)24(3)11-19(26)23-18-7-5-4-6-17(18)22/h4-7,10,15H,8-9,11-12H2,1-3H3,(H,23,26). The first kappa shape index (κ1) is 20.9. The molecule has 2 aromatic rings. The van der Waals surface area contributed by atoms with E-state index >= 15 is 0 Å². The van der Waals surface area contributed by atoms with Crippen molar-refractivity contribution < 1.29 is 19.1 Å². The van der Waals surface area contributed by atoms with Crippen LogP contribution in [-0.2, 0) is 14.3 Å². The van der Waals surface area contributed by atoms with Gasteiger partial charge < -0.3 is 19.5 Å². The quantitative estimate of drug-likeness (QED) is 0.700. The van der Waals surface area contributed by atoms with Crippen LogP contribution in [0, 0.1) is 13.8 Å². The van der Waals surface area contributed by atoms with Gasteiger partial charge in [-0.3, -0.25) is 9.59 Å². The Labute approximate surface area is 174 Å². The number of amides is 2. The lowest BCUT2D eigenvalue weighted by atomic mass is 10.2. The highest BCUT2D eigenvalue weighted by atomic mass is 35.5. The topological polar surface area (TPSA) is 80.6 Å². The number of nitrogens with zero attached hydrogens (tertiary/aromatic N) is 2. The number of carbonyl (C=O) groups excluding carboxylic acids is 3. The van der Waals surface area contributed by atoms with Crippen molar-refractivity contribution in [3.05, 3.63) is 52.3 Å². The molecule has 0 radical (unpaired) electrons. The molecule has 1 aliphatic carbocycles. The Morgan fingerprint density at radius 1 is 1.24 bits per heavy atom. The number of hydrogen-bond acceptors (Lipinski definition) is 4. The van der Waals surface area contributed by atoms with Gasteiger partial charge >= 0.3 is 5.97 Å². The van der Waals surface area contributed by atoms with Gasteiger partial charge in [-0.2, -0.15) is 0 Å². The number of aromatic nitrogens is 1. The predicted molar refractivity (Wildman–Crippen MR) is 110 cm³/mol. The van der Waals surface area contributed by atoms with Crippen molar-refractivity contribution in [3.63, 3.8) is 0 Å². The summed E-state index contributed by atoms with van der Waals surface area (Å²) in [5.74, 6) is -1.40. The molecule has 7 nitrogen and oxygen atoms in total. The second-order valence-corrected chi connectivity index (χ2v) is 7.65. The Bertz CT molecular complexity index is 949. The summed E-state index contributed by atoms with van der Waals surface area (Å²) < 4.78 is 7.33. The van der Waals surface area contributed by atoms with Gasteiger partial charge in [0.25, 0.3) is 5.91 Å². The Morgan fingerprint density at radius 3 is 2.59 bits per heavy atom. The van der Waals surface area contributed by atoms with Crippen LogP contribution in [0.4, 0.5) is 5.69 Å². The Kier molecular flexibility index (Phi) is 6.27. The van der Waals surface area contributed by atoms with Crippen LogP contribution in [0.2, 0.25) is 5.02 Å². The average Bonchev–Trinajstić information content (AvgIpc) is 3.46. The Balaban J connectivity index is 1.51. The molecule has 1 aliphatic rings. The van der Waals surface area contributed by atoms with Gasteiger partial charge in [-0.25, -0.2) is 4.79 Å². The summed E-state index contributed by atoms with van der Waals surface area (Å²) in [6, 6.07) is 9.08. The lowest BCUT2D eigenvalue weighted by Gasteiger charge is -2.17. The molecule has 0 bridgehead atoms. The minimum Gasteiger partial charge on any atom is -0.452 e. The predicted octanol–water partition coefficient (Wildman–Crippen LogP) is 3.35. The molecule has 0 spiro atoms. The van der Waals surface area contributed by atoms with Crippen LogP contribution < -0.4 is 5.32 Å². The molecule has 1 N–H and O–H groups in total. The summed E-state index contributed by atoms with van der Waals surface area (Å²) in [6.45, 7) is 3.23. The number of carbonyl (C=O) groups is 3. The van der Waals surface area contributed by atoms with Crippen LogP contribution in [0.15, 0.2) is 30.3 Å². The van der Waals surface area contributed by atoms with Gasteiger partial charge in [0.2, 0.25) is 5.91 Å². The molecule has 1 saturated carbocycles. The molecular weight excluding hydrogens is 394 g/mol. The second kappa shape index (κ2) is 8.69. The van der Waals surface area contributed by atoms with Crippen molar-refractivity contribution in [1.82, 2.24) is 9.47 Å². The maximum absolute atomic E-state index is 12.4. The van der Waals surface area contributed by atoms with Gasteiger partial charge in [-0.1, -0.05) is 23.7 Å². The van der Waals surface area contributed by atoms with Crippen molar-refractivity contribution in [1.29, 1.82) is 0 Å². The number of anilines is 1. The molecule has 2 amide bonds. The smallest absolute Gasteiger partial charge is 0.340 e. The zero-order valence-electron chi connectivity index (χ0n) is 16.7. The van der Waals surface area contributed by atoms with Gasteiger partial charge in [0.15, 0.2) is 6.61 Å². The third-order valence-electron chi connectivity index (χ3n) is 4.90. The third-order valence-corrected chi connectivity index (χ3v) is 5.23. The minimum absolute atomic E-state index is 0.183. The van der Waals surface area contributed by atoms with Crippen molar-refractivity contribution in [2.45, 2.75) is 32.7 Å². The summed E-state index contributed by atoms with van der Waals surface area (Å²) in [6.07, 6.45) is 2.23. The van der Waals surface area contributed by atoms with Gasteiger partial charge in [-0.05, 0) is 44.9 Å². The van der Waals surface area contributed by atoms with Gasteiger partial charge in [0, 0.05) is 24.5 Å². The van der Waals surface area contributed by atoms with Gasteiger partial charge in [0.05, 0.1) is 22.8 Å². The lowest BCUT2D eigenvalue weighted by molar-refractivity contribution is -0.136. The van der Waals surface area contributed by atoms with E-state index in [4.69, 9.17) is 16.3 Å². The maximum Gasteiger partial charge on any atom is 0.340 e. The van der Waals surface area contributed by atoms with E-state index in [1.165, 1.54) is 11.9 Å². The molecule has 154 valence electrons. The van der Waals surface area contributed by atoms with Gasteiger partial charge in [-0.15, -0.1) is 0 Å². The molecule has 1 fully saturated rings. The zero-order chi connectivity index (χ0) is 21.1. The van der Waals surface area contributed by atoms with Crippen molar-refractivity contribution in [3.8, 4) is 0 Å². The van der Waals surface area contributed by atoms with Crippen LogP contribution >= 0.6 is 11.6 Å². The first-order valence-electron chi connectivity index (χ1n) is 9.41. The van der Waals surface area contributed by atoms with Crippen LogP contribution in [-0.4, -0.2) is 47.4 Å². The average molecular weight is 418 g/mol. The summed E-state index contributed by atoms with van der Waals surface area (Å²) in [4.78, 5) is 38.0. The summed E-state index contributed by atoms with van der Waals surface area (Å²) in [7, 11) is 1.47.